The van der Waals surface area contributed by atoms with Gasteiger partial charge in [-0.25, -0.2) is 0 Å². The van der Waals surface area contributed by atoms with Gasteiger partial charge in [-0.3, -0.25) is 4.79 Å². The van der Waals surface area contributed by atoms with Gasteiger partial charge in [0.1, 0.15) is 0 Å². The monoisotopic (exact) mass is 235 g/mol. The maximum absolute atomic E-state index is 12.2. The minimum Gasteiger partial charge on any atom is -0.342 e. The van der Waals surface area contributed by atoms with Gasteiger partial charge in [-0.1, -0.05) is 31.4 Å². The lowest BCUT2D eigenvalue weighted by atomic mass is 9.73. The van der Waals surface area contributed by atoms with E-state index in [4.69, 9.17) is 0 Å². The molecule has 1 heterocycles. The van der Waals surface area contributed by atoms with Crippen molar-refractivity contribution in [2.45, 2.75) is 58.9 Å². The van der Waals surface area contributed by atoms with Crippen LogP contribution >= 0.6 is 0 Å². The smallest absolute Gasteiger partial charge is 0.226 e. The molecule has 96 valence electrons. The second-order valence-corrected chi connectivity index (χ2v) is 5.68. The SMILES string of the molecule is CCCC1=C(CC)CC2C(=O)N(C)C(C)C2C1. The van der Waals surface area contributed by atoms with Gasteiger partial charge in [0, 0.05) is 19.0 Å². The van der Waals surface area contributed by atoms with Gasteiger partial charge < -0.3 is 4.90 Å². The summed E-state index contributed by atoms with van der Waals surface area (Å²) in [5.41, 5.74) is 3.23. The van der Waals surface area contributed by atoms with E-state index in [1.54, 1.807) is 11.1 Å². The molecule has 2 rings (SSSR count). The van der Waals surface area contributed by atoms with Crippen LogP contribution in [0.2, 0.25) is 0 Å². The molecule has 0 aromatic carbocycles. The number of carbonyl (C=O) groups excluding carboxylic acids is 1. The van der Waals surface area contributed by atoms with Crippen molar-refractivity contribution in [1.82, 2.24) is 4.90 Å². The van der Waals surface area contributed by atoms with E-state index >= 15 is 0 Å². The Balaban J connectivity index is 2.24. The van der Waals surface area contributed by atoms with Gasteiger partial charge in [0.05, 0.1) is 0 Å². The van der Waals surface area contributed by atoms with E-state index in [0.717, 1.165) is 12.8 Å². The molecule has 0 saturated carbocycles. The predicted molar refractivity (Wildman–Crippen MR) is 70.7 cm³/mol. The van der Waals surface area contributed by atoms with Gasteiger partial charge in [-0.2, -0.15) is 0 Å². The molecule has 0 spiro atoms. The van der Waals surface area contributed by atoms with Crippen molar-refractivity contribution in [3.8, 4) is 0 Å². The van der Waals surface area contributed by atoms with Crippen LogP contribution in [0, 0.1) is 11.8 Å². The fourth-order valence-corrected chi connectivity index (χ4v) is 3.63. The summed E-state index contributed by atoms with van der Waals surface area (Å²) in [6.07, 6.45) is 5.79. The molecule has 1 fully saturated rings. The van der Waals surface area contributed by atoms with Crippen molar-refractivity contribution in [3.05, 3.63) is 11.1 Å². The van der Waals surface area contributed by atoms with Crippen LogP contribution in [0.25, 0.3) is 0 Å². The third-order valence-electron chi connectivity index (χ3n) is 4.84. The van der Waals surface area contributed by atoms with Gasteiger partial charge in [0.2, 0.25) is 5.91 Å². The average molecular weight is 235 g/mol. The van der Waals surface area contributed by atoms with Crippen molar-refractivity contribution < 1.29 is 4.79 Å². The highest BCUT2D eigenvalue weighted by Crippen LogP contribution is 2.44. The number of nitrogens with zero attached hydrogens (tertiary/aromatic N) is 1. The summed E-state index contributed by atoms with van der Waals surface area (Å²) >= 11 is 0. The summed E-state index contributed by atoms with van der Waals surface area (Å²) in [7, 11) is 1.97. The Morgan fingerprint density at radius 1 is 1.24 bits per heavy atom. The minimum absolute atomic E-state index is 0.283. The average Bonchev–Trinajstić information content (AvgIpc) is 2.54. The number of allylic oxidation sites excluding steroid dienone is 2. The highest BCUT2D eigenvalue weighted by Gasteiger charge is 2.46. The largest absolute Gasteiger partial charge is 0.342 e. The number of carbonyl (C=O) groups is 1. The predicted octanol–water partition coefficient (Wildman–Crippen LogP) is 3.38. The van der Waals surface area contributed by atoms with E-state index in [1.165, 1.54) is 19.3 Å². The molecule has 2 nitrogen and oxygen atoms in total. The first-order valence-electron chi connectivity index (χ1n) is 7.06. The Morgan fingerprint density at radius 2 is 1.94 bits per heavy atom. The minimum atomic E-state index is 0.283. The van der Waals surface area contributed by atoms with E-state index in [2.05, 4.69) is 20.8 Å². The molecule has 1 amide bonds. The number of likely N-dealkylation sites (tertiary alicyclic amines) is 1. The summed E-state index contributed by atoms with van der Waals surface area (Å²) in [4.78, 5) is 14.1. The molecule has 1 aliphatic carbocycles. The van der Waals surface area contributed by atoms with Gasteiger partial charge in [-0.05, 0) is 38.5 Å². The highest BCUT2D eigenvalue weighted by atomic mass is 16.2. The van der Waals surface area contributed by atoms with Gasteiger partial charge in [0.15, 0.2) is 0 Å². The second-order valence-electron chi connectivity index (χ2n) is 5.68. The maximum atomic E-state index is 12.2. The van der Waals surface area contributed by atoms with Crippen LogP contribution in [-0.2, 0) is 4.79 Å². The summed E-state index contributed by atoms with van der Waals surface area (Å²) < 4.78 is 0. The van der Waals surface area contributed by atoms with Crippen LogP contribution in [0.3, 0.4) is 0 Å². The Kier molecular flexibility index (Phi) is 3.60. The zero-order chi connectivity index (χ0) is 12.6. The molecule has 17 heavy (non-hydrogen) atoms. The van der Waals surface area contributed by atoms with Gasteiger partial charge in [0.25, 0.3) is 0 Å². The molecule has 3 atom stereocenters. The van der Waals surface area contributed by atoms with Crippen molar-refractivity contribution in [3.63, 3.8) is 0 Å². The van der Waals surface area contributed by atoms with E-state index in [9.17, 15) is 4.79 Å². The first-order chi connectivity index (χ1) is 8.10. The van der Waals surface area contributed by atoms with E-state index in [0.29, 0.717) is 17.9 Å². The van der Waals surface area contributed by atoms with Crippen molar-refractivity contribution in [2.24, 2.45) is 11.8 Å². The standard InChI is InChI=1S/C15H25NO/c1-5-7-12-9-13-10(3)16(4)15(17)14(13)8-11(12)6-2/h10,13-14H,5-9H2,1-4H3. The van der Waals surface area contributed by atoms with Gasteiger partial charge >= 0.3 is 0 Å². The summed E-state index contributed by atoms with van der Waals surface area (Å²) in [5.74, 6) is 1.24. The molecule has 0 radical (unpaired) electrons. The Morgan fingerprint density at radius 3 is 2.53 bits per heavy atom. The van der Waals surface area contributed by atoms with Crippen LogP contribution < -0.4 is 0 Å². The lowest BCUT2D eigenvalue weighted by molar-refractivity contribution is -0.130. The Labute approximate surface area is 105 Å². The molecule has 0 aromatic rings. The van der Waals surface area contributed by atoms with Crippen molar-refractivity contribution >= 4 is 5.91 Å². The van der Waals surface area contributed by atoms with Crippen LogP contribution in [0.1, 0.15) is 52.9 Å². The number of hydrogen-bond acceptors (Lipinski definition) is 1. The van der Waals surface area contributed by atoms with Crippen molar-refractivity contribution in [1.29, 1.82) is 0 Å². The molecule has 0 aromatic heterocycles. The van der Waals surface area contributed by atoms with Crippen LogP contribution in [0.5, 0.6) is 0 Å². The molecule has 1 aliphatic heterocycles. The fourth-order valence-electron chi connectivity index (χ4n) is 3.63. The molecular weight excluding hydrogens is 210 g/mol. The maximum Gasteiger partial charge on any atom is 0.226 e. The zero-order valence-electron chi connectivity index (χ0n) is 11.6. The number of hydrogen-bond donors (Lipinski definition) is 0. The summed E-state index contributed by atoms with van der Waals surface area (Å²) in [6.45, 7) is 6.70. The number of rotatable bonds is 3. The number of fused-ring (bicyclic) bond motifs is 1. The summed E-state index contributed by atoms with van der Waals surface area (Å²) in [6, 6.07) is 0.428. The van der Waals surface area contributed by atoms with Gasteiger partial charge in [-0.15, -0.1) is 0 Å². The van der Waals surface area contributed by atoms with Crippen LogP contribution in [0.4, 0.5) is 0 Å². The van der Waals surface area contributed by atoms with E-state index in [1.807, 2.05) is 11.9 Å². The quantitative estimate of drug-likeness (QED) is 0.687. The first kappa shape index (κ1) is 12.7. The topological polar surface area (TPSA) is 20.3 Å². The van der Waals surface area contributed by atoms with Crippen LogP contribution in [-0.4, -0.2) is 23.9 Å². The third-order valence-corrected chi connectivity index (χ3v) is 4.84. The zero-order valence-corrected chi connectivity index (χ0v) is 11.6. The molecule has 0 bridgehead atoms. The molecule has 1 saturated heterocycles. The fraction of sp³-hybridized carbons (Fsp3) is 0.800. The Hall–Kier alpha value is -0.790. The lowest BCUT2D eigenvalue weighted by Gasteiger charge is -2.30. The number of amides is 1. The van der Waals surface area contributed by atoms with Crippen LogP contribution in [0.15, 0.2) is 11.1 Å². The third kappa shape index (κ3) is 2.02. The summed E-state index contributed by atoms with van der Waals surface area (Å²) in [5, 5.41) is 0. The lowest BCUT2D eigenvalue weighted by Crippen LogP contribution is -2.28. The highest BCUT2D eigenvalue weighted by molar-refractivity contribution is 5.82. The Bertz CT molecular complexity index is 345. The molecular formula is C15H25NO. The second kappa shape index (κ2) is 4.83. The molecule has 2 heteroatoms. The normalized spacial score (nSPS) is 33.3. The first-order valence-corrected chi connectivity index (χ1v) is 7.06. The van der Waals surface area contributed by atoms with E-state index < -0.39 is 0 Å². The molecule has 3 unspecified atom stereocenters. The molecule has 0 N–H and O–H groups in total. The van der Waals surface area contributed by atoms with E-state index in [-0.39, 0.29) is 5.92 Å². The van der Waals surface area contributed by atoms with Crippen molar-refractivity contribution in [2.75, 3.05) is 7.05 Å². The molecule has 2 aliphatic rings.